The zero-order chi connectivity index (χ0) is 14.7. The molecule has 1 N–H and O–H groups in total. The molecule has 2 aromatic rings. The summed E-state index contributed by atoms with van der Waals surface area (Å²) in [7, 11) is 0. The van der Waals surface area contributed by atoms with E-state index in [4.69, 9.17) is 0 Å². The summed E-state index contributed by atoms with van der Waals surface area (Å²) in [5, 5.41) is 3.69. The molecule has 0 amide bonds. The topological polar surface area (TPSA) is 24.9 Å². The van der Waals surface area contributed by atoms with Crippen LogP contribution in [0.3, 0.4) is 0 Å². The van der Waals surface area contributed by atoms with Gasteiger partial charge in [-0.25, -0.2) is 0 Å². The zero-order valence-electron chi connectivity index (χ0n) is 13.0. The molecule has 1 aromatic carbocycles. The van der Waals surface area contributed by atoms with Crippen LogP contribution in [0.1, 0.15) is 41.5 Å². The Labute approximate surface area is 127 Å². The average Bonchev–Trinajstić information content (AvgIpc) is 2.50. The molecule has 0 spiro atoms. The maximum Gasteiger partial charge on any atom is 0.0300 e. The van der Waals surface area contributed by atoms with E-state index in [0.717, 1.165) is 13.0 Å². The predicted octanol–water partition coefficient (Wildman–Crippen LogP) is 3.64. The van der Waals surface area contributed by atoms with Crippen molar-refractivity contribution in [2.24, 2.45) is 0 Å². The van der Waals surface area contributed by atoms with Crippen molar-refractivity contribution in [3.8, 4) is 0 Å². The Bertz CT molecular complexity index is 592. The maximum atomic E-state index is 4.27. The van der Waals surface area contributed by atoms with E-state index in [2.05, 4.69) is 48.4 Å². The van der Waals surface area contributed by atoms with Crippen LogP contribution < -0.4 is 5.32 Å². The minimum Gasteiger partial charge on any atom is -0.314 e. The number of hydrogen-bond donors (Lipinski definition) is 1. The maximum absolute atomic E-state index is 4.27. The lowest BCUT2D eigenvalue weighted by atomic mass is 9.76. The number of likely N-dealkylation sites (N-methyl/N-ethyl adjacent to an activating group) is 1. The van der Waals surface area contributed by atoms with Gasteiger partial charge in [0.1, 0.15) is 0 Å². The van der Waals surface area contributed by atoms with E-state index in [1.807, 2.05) is 18.5 Å². The van der Waals surface area contributed by atoms with Gasteiger partial charge in [-0.3, -0.25) is 4.98 Å². The van der Waals surface area contributed by atoms with Crippen LogP contribution in [-0.2, 0) is 12.8 Å². The van der Waals surface area contributed by atoms with Crippen LogP contribution in [0.4, 0.5) is 0 Å². The SMILES string of the molecule is CCNC1CCc2cc(C)ccc2C1Cc1cccnc1. The smallest absolute Gasteiger partial charge is 0.0300 e. The minimum absolute atomic E-state index is 0.554. The molecule has 2 unspecified atom stereocenters. The quantitative estimate of drug-likeness (QED) is 0.925. The molecule has 1 heterocycles. The third-order valence-electron chi connectivity index (χ3n) is 4.55. The summed E-state index contributed by atoms with van der Waals surface area (Å²) in [5.74, 6) is 0.554. The second-order valence-electron chi connectivity index (χ2n) is 6.08. The highest BCUT2D eigenvalue weighted by atomic mass is 14.9. The number of aromatic nitrogens is 1. The van der Waals surface area contributed by atoms with Gasteiger partial charge in [-0.2, -0.15) is 0 Å². The molecule has 0 saturated heterocycles. The molecule has 0 aliphatic heterocycles. The van der Waals surface area contributed by atoms with Crippen molar-refractivity contribution in [3.63, 3.8) is 0 Å². The van der Waals surface area contributed by atoms with E-state index in [1.165, 1.54) is 35.1 Å². The number of aryl methyl sites for hydroxylation is 2. The zero-order valence-corrected chi connectivity index (χ0v) is 13.0. The largest absolute Gasteiger partial charge is 0.314 e. The van der Waals surface area contributed by atoms with Gasteiger partial charge in [-0.1, -0.05) is 36.8 Å². The van der Waals surface area contributed by atoms with Gasteiger partial charge in [0, 0.05) is 24.4 Å². The van der Waals surface area contributed by atoms with Crippen LogP contribution in [0.15, 0.2) is 42.7 Å². The van der Waals surface area contributed by atoms with E-state index in [0.29, 0.717) is 12.0 Å². The number of benzene rings is 1. The molecule has 2 atom stereocenters. The second-order valence-corrected chi connectivity index (χ2v) is 6.08. The van der Waals surface area contributed by atoms with Gasteiger partial charge in [0.15, 0.2) is 0 Å². The number of hydrogen-bond acceptors (Lipinski definition) is 2. The lowest BCUT2D eigenvalue weighted by molar-refractivity contribution is 0.392. The molecule has 0 bridgehead atoms. The summed E-state index contributed by atoms with van der Waals surface area (Å²) < 4.78 is 0. The second kappa shape index (κ2) is 6.40. The van der Waals surface area contributed by atoms with E-state index in [1.54, 1.807) is 0 Å². The molecule has 0 radical (unpaired) electrons. The number of fused-ring (bicyclic) bond motifs is 1. The molecule has 2 nitrogen and oxygen atoms in total. The minimum atomic E-state index is 0.554. The van der Waals surface area contributed by atoms with Crippen molar-refractivity contribution in [3.05, 3.63) is 65.0 Å². The van der Waals surface area contributed by atoms with Gasteiger partial charge in [-0.05, 0) is 55.5 Å². The molecular formula is C19H24N2. The Kier molecular flexibility index (Phi) is 4.35. The van der Waals surface area contributed by atoms with Crippen molar-refractivity contribution in [2.75, 3.05) is 6.54 Å². The Balaban J connectivity index is 1.92. The van der Waals surface area contributed by atoms with Gasteiger partial charge in [0.2, 0.25) is 0 Å². The van der Waals surface area contributed by atoms with Crippen molar-refractivity contribution < 1.29 is 0 Å². The molecule has 110 valence electrons. The highest BCUT2D eigenvalue weighted by molar-refractivity contribution is 5.38. The van der Waals surface area contributed by atoms with Crippen molar-refractivity contribution in [2.45, 2.75) is 45.1 Å². The summed E-state index contributed by atoms with van der Waals surface area (Å²) in [6.45, 7) is 5.42. The molecule has 1 aliphatic carbocycles. The molecule has 1 aromatic heterocycles. The average molecular weight is 280 g/mol. The fourth-order valence-corrected chi connectivity index (χ4v) is 3.57. The lowest BCUT2D eigenvalue weighted by Crippen LogP contribution is -2.39. The van der Waals surface area contributed by atoms with Crippen LogP contribution in [0, 0.1) is 6.92 Å². The molecule has 21 heavy (non-hydrogen) atoms. The van der Waals surface area contributed by atoms with Gasteiger partial charge in [0.25, 0.3) is 0 Å². The molecule has 3 rings (SSSR count). The van der Waals surface area contributed by atoms with E-state index >= 15 is 0 Å². The monoisotopic (exact) mass is 280 g/mol. The van der Waals surface area contributed by atoms with Gasteiger partial charge in [-0.15, -0.1) is 0 Å². The molecule has 1 aliphatic rings. The summed E-state index contributed by atoms with van der Waals surface area (Å²) in [6, 6.07) is 11.8. The Morgan fingerprint density at radius 3 is 2.95 bits per heavy atom. The first-order valence-corrected chi connectivity index (χ1v) is 7.99. The number of nitrogens with zero attached hydrogens (tertiary/aromatic N) is 1. The van der Waals surface area contributed by atoms with Crippen LogP contribution >= 0.6 is 0 Å². The van der Waals surface area contributed by atoms with Gasteiger partial charge in [0.05, 0.1) is 0 Å². The van der Waals surface area contributed by atoms with Gasteiger partial charge >= 0.3 is 0 Å². The van der Waals surface area contributed by atoms with Crippen molar-refractivity contribution in [1.29, 1.82) is 0 Å². The van der Waals surface area contributed by atoms with Gasteiger partial charge < -0.3 is 5.32 Å². The highest BCUT2D eigenvalue weighted by Crippen LogP contribution is 2.34. The molecule has 0 saturated carbocycles. The van der Waals surface area contributed by atoms with Crippen LogP contribution in [0.5, 0.6) is 0 Å². The molecule has 2 heteroatoms. The first-order valence-electron chi connectivity index (χ1n) is 7.99. The number of pyridine rings is 1. The highest BCUT2D eigenvalue weighted by Gasteiger charge is 2.29. The first kappa shape index (κ1) is 14.3. The summed E-state index contributed by atoms with van der Waals surface area (Å²) >= 11 is 0. The summed E-state index contributed by atoms with van der Waals surface area (Å²) in [5.41, 5.74) is 5.77. The molecular weight excluding hydrogens is 256 g/mol. The third kappa shape index (κ3) is 3.16. The lowest BCUT2D eigenvalue weighted by Gasteiger charge is -2.34. The van der Waals surface area contributed by atoms with Crippen LogP contribution in [-0.4, -0.2) is 17.6 Å². The van der Waals surface area contributed by atoms with Crippen LogP contribution in [0.25, 0.3) is 0 Å². The Hall–Kier alpha value is -1.67. The van der Waals surface area contributed by atoms with Crippen molar-refractivity contribution in [1.82, 2.24) is 10.3 Å². The van der Waals surface area contributed by atoms with E-state index in [-0.39, 0.29) is 0 Å². The Morgan fingerprint density at radius 2 is 2.19 bits per heavy atom. The fraction of sp³-hybridized carbons (Fsp3) is 0.421. The standard InChI is InChI=1S/C19H24N2/c1-3-21-19-9-7-16-11-14(2)6-8-17(16)18(19)12-15-5-4-10-20-13-15/h4-6,8,10-11,13,18-19,21H,3,7,9,12H2,1-2H3. The van der Waals surface area contributed by atoms with Crippen molar-refractivity contribution >= 4 is 0 Å². The first-order chi connectivity index (χ1) is 10.3. The third-order valence-corrected chi connectivity index (χ3v) is 4.55. The Morgan fingerprint density at radius 1 is 1.29 bits per heavy atom. The summed E-state index contributed by atoms with van der Waals surface area (Å²) in [6.07, 6.45) is 7.35. The number of nitrogens with one attached hydrogen (secondary N) is 1. The summed E-state index contributed by atoms with van der Waals surface area (Å²) in [4.78, 5) is 4.27. The fourth-order valence-electron chi connectivity index (χ4n) is 3.57. The predicted molar refractivity (Wildman–Crippen MR) is 87.6 cm³/mol. The number of rotatable bonds is 4. The van der Waals surface area contributed by atoms with E-state index in [9.17, 15) is 0 Å². The van der Waals surface area contributed by atoms with Crippen LogP contribution in [0.2, 0.25) is 0 Å². The normalized spacial score (nSPS) is 21.0. The van der Waals surface area contributed by atoms with E-state index < -0.39 is 0 Å². The molecule has 0 fully saturated rings.